The molecular formula is C25H23ClN2O3. The SMILES string of the molecule is Cc1cc(C)c2oc(-c3ccc(NC(=O)COc4cc(C)c(Cl)c(C)c4)cc3)nc2c1. The minimum absolute atomic E-state index is 0.0912. The van der Waals surface area contributed by atoms with Crippen LogP contribution in [0.2, 0.25) is 5.02 Å². The predicted molar refractivity (Wildman–Crippen MR) is 124 cm³/mol. The number of hydrogen-bond acceptors (Lipinski definition) is 4. The number of amides is 1. The molecule has 0 atom stereocenters. The van der Waals surface area contributed by atoms with Gasteiger partial charge >= 0.3 is 0 Å². The molecule has 0 saturated carbocycles. The molecule has 0 bridgehead atoms. The summed E-state index contributed by atoms with van der Waals surface area (Å²) in [6.45, 7) is 7.77. The van der Waals surface area contributed by atoms with E-state index in [2.05, 4.69) is 16.4 Å². The Balaban J connectivity index is 1.41. The van der Waals surface area contributed by atoms with Crippen LogP contribution in [0.1, 0.15) is 22.3 Å². The van der Waals surface area contributed by atoms with Gasteiger partial charge < -0.3 is 14.5 Å². The van der Waals surface area contributed by atoms with E-state index in [1.165, 1.54) is 0 Å². The number of carbonyl (C=O) groups excluding carboxylic acids is 1. The molecule has 5 nitrogen and oxygen atoms in total. The van der Waals surface area contributed by atoms with Crippen molar-refractivity contribution >= 4 is 34.3 Å². The van der Waals surface area contributed by atoms with Crippen LogP contribution in [0.15, 0.2) is 52.9 Å². The number of rotatable bonds is 5. The maximum absolute atomic E-state index is 12.3. The highest BCUT2D eigenvalue weighted by Crippen LogP contribution is 2.28. The summed E-state index contributed by atoms with van der Waals surface area (Å²) in [5.41, 5.74) is 7.18. The molecule has 0 saturated heterocycles. The van der Waals surface area contributed by atoms with E-state index >= 15 is 0 Å². The van der Waals surface area contributed by atoms with E-state index in [1.54, 1.807) is 0 Å². The normalized spacial score (nSPS) is 11.0. The lowest BCUT2D eigenvalue weighted by Gasteiger charge is -2.10. The van der Waals surface area contributed by atoms with Crippen molar-refractivity contribution in [2.45, 2.75) is 27.7 Å². The van der Waals surface area contributed by atoms with Crippen LogP contribution in [0.4, 0.5) is 5.69 Å². The Labute approximate surface area is 186 Å². The largest absolute Gasteiger partial charge is 0.484 e. The number of nitrogens with one attached hydrogen (secondary N) is 1. The van der Waals surface area contributed by atoms with Crippen LogP contribution in [-0.2, 0) is 4.79 Å². The van der Waals surface area contributed by atoms with Crippen LogP contribution in [-0.4, -0.2) is 17.5 Å². The molecular weight excluding hydrogens is 412 g/mol. The van der Waals surface area contributed by atoms with Gasteiger partial charge in [0, 0.05) is 16.3 Å². The van der Waals surface area contributed by atoms with Crippen molar-refractivity contribution in [2.24, 2.45) is 0 Å². The molecule has 6 heteroatoms. The van der Waals surface area contributed by atoms with Gasteiger partial charge in [-0.3, -0.25) is 4.79 Å². The summed E-state index contributed by atoms with van der Waals surface area (Å²) in [5.74, 6) is 0.927. The van der Waals surface area contributed by atoms with E-state index < -0.39 is 0 Å². The maximum Gasteiger partial charge on any atom is 0.262 e. The third-order valence-electron chi connectivity index (χ3n) is 5.02. The molecule has 0 radical (unpaired) electrons. The van der Waals surface area contributed by atoms with Gasteiger partial charge in [0.25, 0.3) is 5.91 Å². The average molecular weight is 435 g/mol. The summed E-state index contributed by atoms with van der Waals surface area (Å²) in [6.07, 6.45) is 0. The zero-order valence-corrected chi connectivity index (χ0v) is 18.6. The number of carbonyl (C=O) groups is 1. The summed E-state index contributed by atoms with van der Waals surface area (Å²) in [5, 5.41) is 3.54. The second-order valence-corrected chi connectivity index (χ2v) is 8.11. The number of benzene rings is 3. The number of fused-ring (bicyclic) bond motifs is 1. The number of hydrogen-bond donors (Lipinski definition) is 1. The van der Waals surface area contributed by atoms with E-state index in [-0.39, 0.29) is 12.5 Å². The molecule has 3 aromatic carbocycles. The van der Waals surface area contributed by atoms with E-state index in [1.807, 2.05) is 70.2 Å². The number of anilines is 1. The van der Waals surface area contributed by atoms with Crippen molar-refractivity contribution in [3.8, 4) is 17.2 Å². The van der Waals surface area contributed by atoms with Gasteiger partial charge in [-0.2, -0.15) is 0 Å². The number of ether oxygens (including phenoxy) is 1. The molecule has 31 heavy (non-hydrogen) atoms. The fraction of sp³-hybridized carbons (Fsp3) is 0.200. The summed E-state index contributed by atoms with van der Waals surface area (Å²) in [4.78, 5) is 16.9. The monoisotopic (exact) mass is 434 g/mol. The number of oxazole rings is 1. The third-order valence-corrected chi connectivity index (χ3v) is 5.61. The maximum atomic E-state index is 12.3. The highest BCUT2D eigenvalue weighted by atomic mass is 35.5. The van der Waals surface area contributed by atoms with Crippen LogP contribution in [0.5, 0.6) is 5.75 Å². The Kier molecular flexibility index (Phi) is 5.70. The number of aryl methyl sites for hydroxylation is 4. The lowest BCUT2D eigenvalue weighted by Crippen LogP contribution is -2.20. The Hall–Kier alpha value is -3.31. The molecule has 0 unspecified atom stereocenters. The first-order valence-corrected chi connectivity index (χ1v) is 10.4. The number of halogens is 1. The smallest absolute Gasteiger partial charge is 0.262 e. The van der Waals surface area contributed by atoms with Gasteiger partial charge in [0.15, 0.2) is 12.2 Å². The van der Waals surface area contributed by atoms with E-state index in [9.17, 15) is 4.79 Å². The first-order chi connectivity index (χ1) is 14.8. The minimum Gasteiger partial charge on any atom is -0.484 e. The van der Waals surface area contributed by atoms with E-state index in [0.29, 0.717) is 22.4 Å². The van der Waals surface area contributed by atoms with Gasteiger partial charge in [0.05, 0.1) is 0 Å². The first kappa shape index (κ1) is 20.9. The van der Waals surface area contributed by atoms with Crippen LogP contribution in [0, 0.1) is 27.7 Å². The first-order valence-electron chi connectivity index (χ1n) is 9.98. The summed E-state index contributed by atoms with van der Waals surface area (Å²) in [7, 11) is 0. The topological polar surface area (TPSA) is 64.4 Å². The van der Waals surface area contributed by atoms with Crippen molar-refractivity contribution < 1.29 is 13.9 Å². The fourth-order valence-electron chi connectivity index (χ4n) is 3.53. The van der Waals surface area contributed by atoms with Gasteiger partial charge in [-0.15, -0.1) is 0 Å². The van der Waals surface area contributed by atoms with Crippen molar-refractivity contribution in [1.29, 1.82) is 0 Å². The Morgan fingerprint density at radius 3 is 2.35 bits per heavy atom. The van der Waals surface area contributed by atoms with Gasteiger partial charge in [-0.1, -0.05) is 17.7 Å². The second kappa shape index (κ2) is 8.44. The molecule has 4 aromatic rings. The van der Waals surface area contributed by atoms with Gasteiger partial charge in [-0.05, 0) is 92.4 Å². The number of aromatic nitrogens is 1. The summed E-state index contributed by atoms with van der Waals surface area (Å²) >= 11 is 6.17. The van der Waals surface area contributed by atoms with Gasteiger partial charge in [0.2, 0.25) is 5.89 Å². The Morgan fingerprint density at radius 2 is 1.68 bits per heavy atom. The molecule has 0 aliphatic heterocycles. The zero-order chi connectivity index (χ0) is 22.1. The summed E-state index contributed by atoms with van der Waals surface area (Å²) in [6, 6.07) is 15.1. The highest BCUT2D eigenvalue weighted by molar-refractivity contribution is 6.32. The molecule has 1 heterocycles. The van der Waals surface area contributed by atoms with Crippen molar-refractivity contribution in [3.05, 3.63) is 75.8 Å². The average Bonchev–Trinajstić information content (AvgIpc) is 3.15. The summed E-state index contributed by atoms with van der Waals surface area (Å²) < 4.78 is 11.6. The van der Waals surface area contributed by atoms with Gasteiger partial charge in [-0.25, -0.2) is 4.98 Å². The second-order valence-electron chi connectivity index (χ2n) is 7.73. The highest BCUT2D eigenvalue weighted by Gasteiger charge is 2.12. The molecule has 0 spiro atoms. The molecule has 1 amide bonds. The quantitative estimate of drug-likeness (QED) is 0.394. The molecule has 0 fully saturated rings. The molecule has 1 N–H and O–H groups in total. The van der Waals surface area contributed by atoms with Crippen molar-refractivity contribution in [1.82, 2.24) is 4.98 Å². The number of nitrogens with zero attached hydrogens (tertiary/aromatic N) is 1. The predicted octanol–water partition coefficient (Wildman–Crippen LogP) is 6.40. The molecule has 0 aliphatic rings. The Morgan fingerprint density at radius 1 is 1.00 bits per heavy atom. The fourth-order valence-corrected chi connectivity index (χ4v) is 3.64. The third kappa shape index (κ3) is 4.57. The van der Waals surface area contributed by atoms with Crippen molar-refractivity contribution in [3.63, 3.8) is 0 Å². The molecule has 1 aromatic heterocycles. The van der Waals surface area contributed by atoms with Gasteiger partial charge in [0.1, 0.15) is 11.3 Å². The minimum atomic E-state index is -0.244. The lowest BCUT2D eigenvalue weighted by atomic mass is 10.1. The zero-order valence-electron chi connectivity index (χ0n) is 17.9. The Bertz CT molecular complexity index is 1250. The van der Waals surface area contributed by atoms with Crippen LogP contribution in [0.3, 0.4) is 0 Å². The van der Waals surface area contributed by atoms with Crippen LogP contribution in [0.25, 0.3) is 22.6 Å². The molecule has 158 valence electrons. The standard InChI is InChI=1S/C25H23ClN2O3/c1-14-9-17(4)24-21(10-14)28-25(31-24)18-5-7-19(8-6-18)27-22(29)13-30-20-11-15(2)23(26)16(3)12-20/h5-12H,13H2,1-4H3,(H,27,29). The lowest BCUT2D eigenvalue weighted by molar-refractivity contribution is -0.118. The van der Waals surface area contributed by atoms with E-state index in [4.69, 9.17) is 20.8 Å². The van der Waals surface area contributed by atoms with E-state index in [0.717, 1.165) is 38.9 Å². The molecule has 0 aliphatic carbocycles. The molecule has 4 rings (SSSR count). The van der Waals surface area contributed by atoms with Crippen LogP contribution >= 0.6 is 11.6 Å². The van der Waals surface area contributed by atoms with Crippen molar-refractivity contribution in [2.75, 3.05) is 11.9 Å². The van der Waals surface area contributed by atoms with Crippen LogP contribution < -0.4 is 10.1 Å².